The van der Waals surface area contributed by atoms with Crippen LogP contribution in [0.1, 0.15) is 18.4 Å². The first-order chi connectivity index (χ1) is 7.72. The maximum absolute atomic E-state index is 13.8. The van der Waals surface area contributed by atoms with E-state index in [1.165, 1.54) is 12.1 Å². The van der Waals surface area contributed by atoms with Crippen molar-refractivity contribution in [3.05, 3.63) is 29.3 Å². The van der Waals surface area contributed by atoms with E-state index in [2.05, 4.69) is 5.32 Å². The minimum atomic E-state index is -0.452. The molecule has 0 saturated carbocycles. The van der Waals surface area contributed by atoms with Gasteiger partial charge in [-0.05, 0) is 37.6 Å². The summed E-state index contributed by atoms with van der Waals surface area (Å²) in [7, 11) is 1.75. The van der Waals surface area contributed by atoms with Crippen LogP contribution in [0.15, 0.2) is 12.1 Å². The van der Waals surface area contributed by atoms with Crippen molar-refractivity contribution in [2.45, 2.75) is 19.4 Å². The molecule has 1 N–H and O–H groups in total. The Balaban J connectivity index is 2.31. The smallest absolute Gasteiger partial charge is 0.149 e. The van der Waals surface area contributed by atoms with Crippen LogP contribution < -0.4 is 10.2 Å². The lowest BCUT2D eigenvalue weighted by atomic mass is 10.1. The van der Waals surface area contributed by atoms with Gasteiger partial charge in [-0.25, -0.2) is 8.78 Å². The second kappa shape index (κ2) is 4.78. The van der Waals surface area contributed by atoms with Crippen molar-refractivity contribution in [3.63, 3.8) is 0 Å². The van der Waals surface area contributed by atoms with Gasteiger partial charge in [0.15, 0.2) is 0 Å². The first-order valence-corrected chi connectivity index (χ1v) is 5.60. The van der Waals surface area contributed by atoms with Gasteiger partial charge in [0, 0.05) is 19.6 Å². The van der Waals surface area contributed by atoms with Crippen molar-refractivity contribution in [2.75, 3.05) is 25.0 Å². The molecule has 1 fully saturated rings. The molecule has 88 valence electrons. The molecule has 1 heterocycles. The van der Waals surface area contributed by atoms with E-state index in [4.69, 9.17) is 0 Å². The Morgan fingerprint density at radius 2 is 1.75 bits per heavy atom. The van der Waals surface area contributed by atoms with Crippen LogP contribution in [0.5, 0.6) is 0 Å². The van der Waals surface area contributed by atoms with E-state index in [1.54, 1.807) is 11.9 Å². The molecule has 1 aliphatic rings. The number of nitrogens with zero attached hydrogens (tertiary/aromatic N) is 1. The number of anilines is 1. The van der Waals surface area contributed by atoms with Gasteiger partial charge in [-0.1, -0.05) is 0 Å². The molecule has 0 radical (unpaired) electrons. The van der Waals surface area contributed by atoms with E-state index in [0.29, 0.717) is 12.1 Å². The SMILES string of the molecule is CNCc1cc(F)c(N2CCCC2)c(F)c1. The largest absolute Gasteiger partial charge is 0.367 e. The summed E-state index contributed by atoms with van der Waals surface area (Å²) in [6.07, 6.45) is 2.02. The molecule has 0 aliphatic carbocycles. The van der Waals surface area contributed by atoms with Crippen LogP contribution in [-0.4, -0.2) is 20.1 Å². The highest BCUT2D eigenvalue weighted by Gasteiger charge is 2.20. The van der Waals surface area contributed by atoms with Gasteiger partial charge in [0.2, 0.25) is 0 Å². The molecule has 0 bridgehead atoms. The third-order valence-corrected chi connectivity index (χ3v) is 2.88. The first-order valence-electron chi connectivity index (χ1n) is 5.60. The van der Waals surface area contributed by atoms with Gasteiger partial charge in [-0.3, -0.25) is 0 Å². The van der Waals surface area contributed by atoms with Crippen molar-refractivity contribution in [1.82, 2.24) is 5.32 Å². The van der Waals surface area contributed by atoms with Gasteiger partial charge in [-0.15, -0.1) is 0 Å². The molecule has 0 amide bonds. The van der Waals surface area contributed by atoms with E-state index in [9.17, 15) is 8.78 Å². The highest BCUT2D eigenvalue weighted by atomic mass is 19.1. The Morgan fingerprint density at radius 3 is 2.25 bits per heavy atom. The number of rotatable bonds is 3. The fourth-order valence-corrected chi connectivity index (χ4v) is 2.17. The fourth-order valence-electron chi connectivity index (χ4n) is 2.17. The molecule has 1 saturated heterocycles. The van der Waals surface area contributed by atoms with E-state index in [0.717, 1.165) is 25.9 Å². The lowest BCUT2D eigenvalue weighted by Gasteiger charge is -2.19. The number of benzene rings is 1. The highest BCUT2D eigenvalue weighted by molar-refractivity contribution is 5.51. The highest BCUT2D eigenvalue weighted by Crippen LogP contribution is 2.27. The van der Waals surface area contributed by atoms with Crippen LogP contribution in [-0.2, 0) is 6.54 Å². The summed E-state index contributed by atoms with van der Waals surface area (Å²) in [4.78, 5) is 1.79. The summed E-state index contributed by atoms with van der Waals surface area (Å²) in [6.45, 7) is 1.98. The van der Waals surface area contributed by atoms with Crippen molar-refractivity contribution < 1.29 is 8.78 Å². The number of hydrogen-bond acceptors (Lipinski definition) is 2. The molecule has 4 heteroatoms. The first kappa shape index (κ1) is 11.3. The molecule has 0 spiro atoms. The minimum absolute atomic E-state index is 0.136. The zero-order chi connectivity index (χ0) is 11.5. The molecule has 0 aromatic heterocycles. The summed E-state index contributed by atoms with van der Waals surface area (Å²) in [5, 5.41) is 2.88. The maximum atomic E-state index is 13.8. The monoisotopic (exact) mass is 226 g/mol. The summed E-state index contributed by atoms with van der Waals surface area (Å²) in [6, 6.07) is 2.82. The maximum Gasteiger partial charge on any atom is 0.149 e. The van der Waals surface area contributed by atoms with Gasteiger partial charge in [0.05, 0.1) is 0 Å². The zero-order valence-corrected chi connectivity index (χ0v) is 9.39. The molecule has 0 atom stereocenters. The van der Waals surface area contributed by atoms with E-state index in [1.807, 2.05) is 0 Å². The Labute approximate surface area is 94.3 Å². The van der Waals surface area contributed by atoms with Crippen LogP contribution in [0.3, 0.4) is 0 Å². The van der Waals surface area contributed by atoms with Gasteiger partial charge in [0.1, 0.15) is 17.3 Å². The average Bonchev–Trinajstić information content (AvgIpc) is 2.70. The number of halogens is 2. The molecule has 1 aliphatic heterocycles. The van der Waals surface area contributed by atoms with Crippen molar-refractivity contribution in [2.24, 2.45) is 0 Å². The van der Waals surface area contributed by atoms with Crippen molar-refractivity contribution >= 4 is 5.69 Å². The van der Waals surface area contributed by atoms with Crippen molar-refractivity contribution in [3.8, 4) is 0 Å². The average molecular weight is 226 g/mol. The third-order valence-electron chi connectivity index (χ3n) is 2.88. The van der Waals surface area contributed by atoms with E-state index in [-0.39, 0.29) is 5.69 Å². The second-order valence-electron chi connectivity index (χ2n) is 4.13. The van der Waals surface area contributed by atoms with Crippen LogP contribution in [0.25, 0.3) is 0 Å². The third kappa shape index (κ3) is 2.16. The Bertz CT molecular complexity index is 350. The summed E-state index contributed by atoms with van der Waals surface area (Å²) in [5.74, 6) is -0.903. The number of hydrogen-bond donors (Lipinski definition) is 1. The quantitative estimate of drug-likeness (QED) is 0.850. The van der Waals surface area contributed by atoms with Crippen LogP contribution in [0, 0.1) is 11.6 Å². The predicted octanol–water partition coefficient (Wildman–Crippen LogP) is 2.28. The Morgan fingerprint density at radius 1 is 1.19 bits per heavy atom. The molecule has 1 aromatic carbocycles. The minimum Gasteiger partial charge on any atom is -0.367 e. The molecule has 0 unspecified atom stereocenters. The molecule has 2 rings (SSSR count). The Kier molecular flexibility index (Phi) is 3.39. The van der Waals surface area contributed by atoms with E-state index < -0.39 is 11.6 Å². The van der Waals surface area contributed by atoms with Crippen LogP contribution in [0.4, 0.5) is 14.5 Å². The standard InChI is InChI=1S/C12H16F2N2/c1-15-8-9-6-10(13)12(11(14)7-9)16-4-2-3-5-16/h6-7,15H,2-5,8H2,1H3. The topological polar surface area (TPSA) is 15.3 Å². The zero-order valence-electron chi connectivity index (χ0n) is 9.39. The predicted molar refractivity (Wildman–Crippen MR) is 60.6 cm³/mol. The molecule has 1 aromatic rings. The fraction of sp³-hybridized carbons (Fsp3) is 0.500. The summed E-state index contributed by atoms with van der Waals surface area (Å²) < 4.78 is 27.6. The normalized spacial score (nSPS) is 15.8. The molecule has 16 heavy (non-hydrogen) atoms. The lowest BCUT2D eigenvalue weighted by molar-refractivity contribution is 0.572. The molecular weight excluding hydrogens is 210 g/mol. The molecule has 2 nitrogen and oxygen atoms in total. The van der Waals surface area contributed by atoms with Gasteiger partial charge < -0.3 is 10.2 Å². The second-order valence-corrected chi connectivity index (χ2v) is 4.13. The summed E-state index contributed by atoms with van der Waals surface area (Å²) in [5.41, 5.74) is 0.776. The summed E-state index contributed by atoms with van der Waals surface area (Å²) >= 11 is 0. The van der Waals surface area contributed by atoms with Crippen LogP contribution in [0.2, 0.25) is 0 Å². The van der Waals surface area contributed by atoms with E-state index >= 15 is 0 Å². The Hall–Kier alpha value is -1.16. The van der Waals surface area contributed by atoms with Gasteiger partial charge in [0.25, 0.3) is 0 Å². The van der Waals surface area contributed by atoms with Gasteiger partial charge >= 0.3 is 0 Å². The van der Waals surface area contributed by atoms with Crippen LogP contribution >= 0.6 is 0 Å². The van der Waals surface area contributed by atoms with Crippen molar-refractivity contribution in [1.29, 1.82) is 0 Å². The molecular formula is C12H16F2N2. The van der Waals surface area contributed by atoms with Gasteiger partial charge in [-0.2, -0.15) is 0 Å². The lowest BCUT2D eigenvalue weighted by Crippen LogP contribution is -2.21. The number of nitrogens with one attached hydrogen (secondary N) is 1.